The molecule has 1 saturated carbocycles. The number of pyridine rings is 1. The number of carbonyl (C=O) groups excluding carboxylic acids is 2. The Morgan fingerprint density at radius 2 is 1.72 bits per heavy atom. The van der Waals surface area contributed by atoms with Crippen molar-refractivity contribution in [3.8, 4) is 0 Å². The van der Waals surface area contributed by atoms with Gasteiger partial charge in [0.05, 0.1) is 5.56 Å². The minimum absolute atomic E-state index is 0.00764. The van der Waals surface area contributed by atoms with Gasteiger partial charge in [0.1, 0.15) is 0 Å². The van der Waals surface area contributed by atoms with Crippen LogP contribution in [0.25, 0.3) is 0 Å². The molecule has 2 heterocycles. The van der Waals surface area contributed by atoms with Crippen molar-refractivity contribution in [2.75, 3.05) is 19.6 Å². The molecular weight excluding hydrogens is 419 g/mol. The number of aromatic nitrogens is 1. The van der Waals surface area contributed by atoms with Crippen molar-refractivity contribution >= 4 is 11.8 Å². The van der Waals surface area contributed by atoms with Gasteiger partial charge in [-0.15, -0.1) is 0 Å². The van der Waals surface area contributed by atoms with Crippen molar-refractivity contribution in [2.45, 2.75) is 38.3 Å². The summed E-state index contributed by atoms with van der Waals surface area (Å²) in [5, 5.41) is 3.04. The van der Waals surface area contributed by atoms with Crippen LogP contribution in [0, 0.1) is 11.3 Å². The quantitative estimate of drug-likeness (QED) is 0.682. The number of hydrogen-bond acceptors (Lipinski definition) is 3. The highest BCUT2D eigenvalue weighted by molar-refractivity contribution is 5.94. The molecule has 32 heavy (non-hydrogen) atoms. The molecule has 170 valence electrons. The van der Waals surface area contributed by atoms with E-state index in [4.69, 9.17) is 0 Å². The van der Waals surface area contributed by atoms with E-state index in [1.165, 1.54) is 17.7 Å². The molecule has 1 aromatic carbocycles. The molecule has 1 saturated heterocycles. The molecule has 1 N–H and O–H groups in total. The molecular formula is C24H26F3N3O2. The first kappa shape index (κ1) is 22.3. The van der Waals surface area contributed by atoms with E-state index >= 15 is 0 Å². The van der Waals surface area contributed by atoms with Gasteiger partial charge in [-0.1, -0.05) is 0 Å². The van der Waals surface area contributed by atoms with E-state index < -0.39 is 11.7 Å². The number of nitrogens with zero attached hydrogens (tertiary/aromatic N) is 2. The van der Waals surface area contributed by atoms with Crippen LogP contribution in [0.15, 0.2) is 48.8 Å². The van der Waals surface area contributed by atoms with Crippen LogP contribution in [-0.2, 0) is 17.4 Å². The number of rotatable bonds is 6. The Kier molecular flexibility index (Phi) is 6.22. The molecule has 1 atom stereocenters. The van der Waals surface area contributed by atoms with Gasteiger partial charge in [-0.3, -0.25) is 14.6 Å². The predicted octanol–water partition coefficient (Wildman–Crippen LogP) is 4.09. The number of amides is 2. The number of alkyl halides is 3. The highest BCUT2D eigenvalue weighted by Gasteiger charge is 2.58. The lowest BCUT2D eigenvalue weighted by Gasteiger charge is -2.33. The van der Waals surface area contributed by atoms with Gasteiger partial charge in [0.25, 0.3) is 5.91 Å². The van der Waals surface area contributed by atoms with Crippen LogP contribution < -0.4 is 5.32 Å². The van der Waals surface area contributed by atoms with E-state index in [9.17, 15) is 22.8 Å². The summed E-state index contributed by atoms with van der Waals surface area (Å²) in [4.78, 5) is 30.9. The van der Waals surface area contributed by atoms with Crippen LogP contribution >= 0.6 is 0 Å². The first-order valence-corrected chi connectivity index (χ1v) is 10.9. The topological polar surface area (TPSA) is 62.3 Å². The van der Waals surface area contributed by atoms with Crippen molar-refractivity contribution in [3.05, 3.63) is 65.5 Å². The lowest BCUT2D eigenvalue weighted by molar-refractivity contribution is -0.137. The number of benzene rings is 1. The molecule has 2 aliphatic rings. The van der Waals surface area contributed by atoms with Crippen LogP contribution in [0.4, 0.5) is 13.2 Å². The minimum Gasteiger partial charge on any atom is -0.356 e. The SMILES string of the molecule is O=C(NCCCc1ccncc1)[C@@H]1CC12CCN(C(=O)c1ccc(C(F)(F)F)cc1)CC2. The average molecular weight is 445 g/mol. The van der Waals surface area contributed by atoms with Crippen molar-refractivity contribution < 1.29 is 22.8 Å². The van der Waals surface area contributed by atoms with Gasteiger partial charge >= 0.3 is 6.18 Å². The normalized spacial score (nSPS) is 19.6. The number of piperidine rings is 1. The number of likely N-dealkylation sites (tertiary alicyclic amines) is 1. The molecule has 4 rings (SSSR count). The van der Waals surface area contributed by atoms with Crippen LogP contribution in [0.2, 0.25) is 0 Å². The number of halogens is 3. The van der Waals surface area contributed by atoms with E-state index in [1.807, 2.05) is 12.1 Å². The molecule has 2 amide bonds. The Balaban J connectivity index is 1.21. The molecule has 2 fully saturated rings. The highest BCUT2D eigenvalue weighted by Crippen LogP contribution is 2.59. The smallest absolute Gasteiger partial charge is 0.356 e. The summed E-state index contributed by atoms with van der Waals surface area (Å²) in [5.41, 5.74) is 0.654. The molecule has 0 radical (unpaired) electrons. The Morgan fingerprint density at radius 3 is 2.34 bits per heavy atom. The maximum absolute atomic E-state index is 12.7. The zero-order valence-corrected chi connectivity index (χ0v) is 17.7. The third-order valence-corrected chi connectivity index (χ3v) is 6.70. The van der Waals surface area contributed by atoms with Gasteiger partial charge in [0, 0.05) is 43.5 Å². The van der Waals surface area contributed by atoms with E-state index in [0.717, 1.165) is 44.2 Å². The zero-order chi connectivity index (χ0) is 22.8. The fourth-order valence-electron chi connectivity index (χ4n) is 4.59. The van der Waals surface area contributed by atoms with Crippen molar-refractivity contribution in [2.24, 2.45) is 11.3 Å². The number of carbonyl (C=O) groups is 2. The number of nitrogens with one attached hydrogen (secondary N) is 1. The monoisotopic (exact) mass is 445 g/mol. The van der Waals surface area contributed by atoms with Gasteiger partial charge < -0.3 is 10.2 Å². The molecule has 5 nitrogen and oxygen atoms in total. The Hall–Kier alpha value is -2.90. The van der Waals surface area contributed by atoms with Gasteiger partial charge in [-0.25, -0.2) is 0 Å². The van der Waals surface area contributed by atoms with Gasteiger partial charge in [0.2, 0.25) is 5.91 Å². The molecule has 1 aliphatic carbocycles. The summed E-state index contributed by atoms with van der Waals surface area (Å²) in [6, 6.07) is 8.28. The van der Waals surface area contributed by atoms with Gasteiger partial charge in [0.15, 0.2) is 0 Å². The van der Waals surface area contributed by atoms with Gasteiger partial charge in [-0.05, 0) is 79.5 Å². The van der Waals surface area contributed by atoms with E-state index in [2.05, 4.69) is 10.3 Å². The lowest BCUT2D eigenvalue weighted by atomic mass is 9.90. The fraction of sp³-hybridized carbons (Fsp3) is 0.458. The Morgan fingerprint density at radius 1 is 1.06 bits per heavy atom. The minimum atomic E-state index is -4.42. The summed E-state index contributed by atoms with van der Waals surface area (Å²) < 4.78 is 38.1. The van der Waals surface area contributed by atoms with Crippen molar-refractivity contribution in [3.63, 3.8) is 0 Å². The second-order valence-electron chi connectivity index (χ2n) is 8.74. The predicted molar refractivity (Wildman–Crippen MR) is 113 cm³/mol. The van der Waals surface area contributed by atoms with Crippen LogP contribution in [0.5, 0.6) is 0 Å². The molecule has 8 heteroatoms. The third-order valence-electron chi connectivity index (χ3n) is 6.70. The van der Waals surface area contributed by atoms with E-state index in [0.29, 0.717) is 19.6 Å². The maximum Gasteiger partial charge on any atom is 0.416 e. The van der Waals surface area contributed by atoms with Crippen molar-refractivity contribution in [1.29, 1.82) is 0 Å². The highest BCUT2D eigenvalue weighted by atomic mass is 19.4. The zero-order valence-electron chi connectivity index (χ0n) is 17.7. The number of hydrogen-bond donors (Lipinski definition) is 1. The summed E-state index contributed by atoms with van der Waals surface area (Å²) in [6.45, 7) is 1.67. The maximum atomic E-state index is 12.7. The van der Waals surface area contributed by atoms with E-state index in [1.54, 1.807) is 17.3 Å². The molecule has 0 bridgehead atoms. The average Bonchev–Trinajstić information content (AvgIpc) is 3.50. The molecule has 1 aromatic heterocycles. The summed E-state index contributed by atoms with van der Waals surface area (Å²) in [6.07, 6.45) is 3.19. The standard InChI is InChI=1S/C24H26F3N3O2/c25-24(26,27)19-5-3-18(4-6-19)22(32)30-14-9-23(10-15-30)16-20(23)21(31)29-11-1-2-17-7-12-28-13-8-17/h3-8,12-13,20H,1-2,9-11,14-16H2,(H,29,31)/t20-/m0/s1. The number of aryl methyl sites for hydroxylation is 1. The first-order chi connectivity index (χ1) is 15.3. The van der Waals surface area contributed by atoms with E-state index in [-0.39, 0.29) is 28.7 Å². The second-order valence-corrected chi connectivity index (χ2v) is 8.74. The Bertz CT molecular complexity index is 953. The first-order valence-electron chi connectivity index (χ1n) is 10.9. The van der Waals surface area contributed by atoms with Crippen LogP contribution in [-0.4, -0.2) is 41.3 Å². The summed E-state index contributed by atoms with van der Waals surface area (Å²) in [7, 11) is 0. The largest absolute Gasteiger partial charge is 0.416 e. The second kappa shape index (κ2) is 8.92. The molecule has 0 unspecified atom stereocenters. The third kappa shape index (κ3) is 4.95. The molecule has 1 spiro atoms. The summed E-state index contributed by atoms with van der Waals surface area (Å²) in [5.74, 6) is -0.180. The molecule has 2 aromatic rings. The molecule has 1 aliphatic heterocycles. The van der Waals surface area contributed by atoms with Crippen LogP contribution in [0.1, 0.15) is 47.2 Å². The van der Waals surface area contributed by atoms with Crippen LogP contribution in [0.3, 0.4) is 0 Å². The lowest BCUT2D eigenvalue weighted by Crippen LogP contribution is -2.40. The fourth-order valence-corrected chi connectivity index (χ4v) is 4.59. The van der Waals surface area contributed by atoms with Gasteiger partial charge in [-0.2, -0.15) is 13.2 Å². The summed E-state index contributed by atoms with van der Waals surface area (Å²) >= 11 is 0. The Labute approximate surface area is 185 Å². The van der Waals surface area contributed by atoms with Crippen molar-refractivity contribution in [1.82, 2.24) is 15.2 Å².